The van der Waals surface area contributed by atoms with Gasteiger partial charge in [0.05, 0.1) is 0 Å². The lowest BCUT2D eigenvalue weighted by Crippen LogP contribution is -2.48. The van der Waals surface area contributed by atoms with Crippen LogP contribution in [0.25, 0.3) is 0 Å². The number of nitrogens with two attached hydrogens (primary N) is 1. The van der Waals surface area contributed by atoms with Crippen molar-refractivity contribution < 1.29 is 0 Å². The minimum Gasteiger partial charge on any atom is -0.329 e. The third-order valence-electron chi connectivity index (χ3n) is 3.71. The van der Waals surface area contributed by atoms with Gasteiger partial charge in [-0.25, -0.2) is 4.98 Å². The van der Waals surface area contributed by atoms with Crippen LogP contribution in [0.15, 0.2) is 12.1 Å². The first kappa shape index (κ1) is 14.1. The molecule has 3 nitrogen and oxygen atoms in total. The van der Waals surface area contributed by atoms with Crippen LogP contribution in [0.3, 0.4) is 0 Å². The monoisotopic (exact) mass is 287 g/mol. The minimum absolute atomic E-state index is 0.436. The number of rotatable bonds is 3. The largest absolute Gasteiger partial charge is 0.329 e. The van der Waals surface area contributed by atoms with Gasteiger partial charge in [0.1, 0.15) is 10.3 Å². The van der Waals surface area contributed by atoms with Crippen molar-refractivity contribution in [2.24, 2.45) is 5.73 Å². The Kier molecular flexibility index (Phi) is 4.84. The Bertz CT molecular complexity index is 411. The minimum atomic E-state index is 0.436. The van der Waals surface area contributed by atoms with Gasteiger partial charge in [-0.2, -0.15) is 0 Å². The van der Waals surface area contributed by atoms with Crippen LogP contribution in [-0.4, -0.2) is 28.5 Å². The van der Waals surface area contributed by atoms with Gasteiger partial charge in [-0.1, -0.05) is 35.7 Å². The molecule has 2 N–H and O–H groups in total. The highest BCUT2D eigenvalue weighted by molar-refractivity contribution is 6.32. The first-order valence-electron chi connectivity index (χ1n) is 6.38. The molecule has 1 aliphatic rings. The number of hydrogen-bond donors (Lipinski definition) is 1. The number of pyridine rings is 1. The van der Waals surface area contributed by atoms with E-state index in [1.54, 1.807) is 6.07 Å². The Morgan fingerprint density at radius 3 is 2.83 bits per heavy atom. The highest BCUT2D eigenvalue weighted by atomic mass is 35.5. The second-order valence-corrected chi connectivity index (χ2v) is 5.67. The predicted molar refractivity (Wildman–Crippen MR) is 76.0 cm³/mol. The zero-order valence-electron chi connectivity index (χ0n) is 10.6. The molecule has 18 heavy (non-hydrogen) atoms. The topological polar surface area (TPSA) is 42.1 Å². The molecule has 0 amide bonds. The van der Waals surface area contributed by atoms with E-state index in [0.29, 0.717) is 28.9 Å². The summed E-state index contributed by atoms with van der Waals surface area (Å²) in [5.74, 6) is 0. The number of nitrogens with zero attached hydrogens (tertiary/aromatic N) is 2. The van der Waals surface area contributed by atoms with Crippen LogP contribution >= 0.6 is 23.2 Å². The summed E-state index contributed by atoms with van der Waals surface area (Å²) in [6, 6.07) is 4.72. The molecular weight excluding hydrogens is 269 g/mol. The van der Waals surface area contributed by atoms with Gasteiger partial charge in [-0.15, -0.1) is 0 Å². The van der Waals surface area contributed by atoms with Gasteiger partial charge in [-0.05, 0) is 25.8 Å². The summed E-state index contributed by atoms with van der Waals surface area (Å²) in [5, 5.41) is 0.932. The van der Waals surface area contributed by atoms with E-state index in [0.717, 1.165) is 12.1 Å². The Labute approximate surface area is 118 Å². The van der Waals surface area contributed by atoms with Crippen molar-refractivity contribution in [3.8, 4) is 0 Å². The van der Waals surface area contributed by atoms with Crippen molar-refractivity contribution in [3.05, 3.63) is 28.0 Å². The number of aromatic nitrogens is 1. The quantitative estimate of drug-likeness (QED) is 0.869. The van der Waals surface area contributed by atoms with E-state index in [1.807, 2.05) is 6.07 Å². The summed E-state index contributed by atoms with van der Waals surface area (Å²) >= 11 is 11.9. The van der Waals surface area contributed by atoms with E-state index in [2.05, 4.69) is 16.8 Å². The summed E-state index contributed by atoms with van der Waals surface area (Å²) in [5.41, 5.74) is 6.88. The van der Waals surface area contributed by atoms with Crippen LogP contribution in [0, 0.1) is 0 Å². The molecule has 1 saturated heterocycles. The van der Waals surface area contributed by atoms with Crippen LogP contribution in [0.5, 0.6) is 0 Å². The predicted octanol–water partition coefficient (Wildman–Crippen LogP) is 3.09. The Morgan fingerprint density at radius 1 is 1.39 bits per heavy atom. The molecule has 0 radical (unpaired) electrons. The van der Waals surface area contributed by atoms with Crippen molar-refractivity contribution in [3.63, 3.8) is 0 Å². The van der Waals surface area contributed by atoms with Gasteiger partial charge >= 0.3 is 0 Å². The van der Waals surface area contributed by atoms with Crippen LogP contribution in [0.1, 0.15) is 31.7 Å². The van der Waals surface area contributed by atoms with E-state index >= 15 is 0 Å². The molecule has 1 aliphatic heterocycles. The van der Waals surface area contributed by atoms with E-state index in [1.165, 1.54) is 19.3 Å². The third kappa shape index (κ3) is 3.15. The van der Waals surface area contributed by atoms with E-state index in [4.69, 9.17) is 28.9 Å². The van der Waals surface area contributed by atoms with E-state index in [-0.39, 0.29) is 0 Å². The Hall–Kier alpha value is -0.350. The molecule has 0 aliphatic carbocycles. The molecule has 2 rings (SSSR count). The number of likely N-dealkylation sites (tertiary alicyclic amines) is 1. The van der Waals surface area contributed by atoms with Crippen molar-refractivity contribution in [1.82, 2.24) is 9.88 Å². The van der Waals surface area contributed by atoms with Gasteiger partial charge in [0, 0.05) is 30.7 Å². The van der Waals surface area contributed by atoms with Crippen molar-refractivity contribution in [2.45, 2.75) is 44.8 Å². The maximum atomic E-state index is 6.13. The van der Waals surface area contributed by atoms with Crippen LogP contribution < -0.4 is 5.73 Å². The van der Waals surface area contributed by atoms with Crippen molar-refractivity contribution in [1.29, 1.82) is 0 Å². The fraction of sp³-hybridized carbons (Fsp3) is 0.615. The maximum Gasteiger partial charge on any atom is 0.135 e. The summed E-state index contributed by atoms with van der Waals surface area (Å²) in [4.78, 5) is 6.52. The summed E-state index contributed by atoms with van der Waals surface area (Å²) < 4.78 is 0. The number of halogens is 2. The number of hydrogen-bond acceptors (Lipinski definition) is 3. The lowest BCUT2D eigenvalue weighted by atomic mass is 9.96. The normalized spacial score (nSPS) is 25.3. The summed E-state index contributed by atoms with van der Waals surface area (Å²) in [6.45, 7) is 3.74. The van der Waals surface area contributed by atoms with Gasteiger partial charge in [0.25, 0.3) is 0 Å². The molecule has 1 aromatic heterocycles. The molecule has 5 heteroatoms. The lowest BCUT2D eigenvalue weighted by Gasteiger charge is -2.40. The Balaban J connectivity index is 2.15. The third-order valence-corrected chi connectivity index (χ3v) is 4.25. The maximum absolute atomic E-state index is 6.13. The van der Waals surface area contributed by atoms with E-state index in [9.17, 15) is 0 Å². The summed E-state index contributed by atoms with van der Waals surface area (Å²) in [7, 11) is 0. The summed E-state index contributed by atoms with van der Waals surface area (Å²) in [6.07, 6.45) is 3.64. The Morgan fingerprint density at radius 2 is 2.17 bits per heavy atom. The standard InChI is InChI=1S/C13H19Cl2N3/c1-9-3-2-4-11(7-16)18(9)8-10-5-6-12(14)17-13(10)15/h5-6,9,11H,2-4,7-8,16H2,1H3. The van der Waals surface area contributed by atoms with Crippen LogP contribution in [0.2, 0.25) is 10.3 Å². The lowest BCUT2D eigenvalue weighted by molar-refractivity contribution is 0.0891. The van der Waals surface area contributed by atoms with Gasteiger partial charge in [0.2, 0.25) is 0 Å². The molecule has 1 aromatic rings. The average Bonchev–Trinajstić information content (AvgIpc) is 2.34. The fourth-order valence-electron chi connectivity index (χ4n) is 2.63. The van der Waals surface area contributed by atoms with Crippen LogP contribution in [-0.2, 0) is 6.54 Å². The molecule has 0 saturated carbocycles. The highest BCUT2D eigenvalue weighted by Crippen LogP contribution is 2.26. The highest BCUT2D eigenvalue weighted by Gasteiger charge is 2.27. The molecule has 1 fully saturated rings. The molecule has 0 aromatic carbocycles. The first-order chi connectivity index (χ1) is 8.61. The molecule has 2 heterocycles. The molecule has 0 bridgehead atoms. The smallest absolute Gasteiger partial charge is 0.135 e. The van der Waals surface area contributed by atoms with Crippen LogP contribution in [0.4, 0.5) is 0 Å². The fourth-order valence-corrected chi connectivity index (χ4v) is 3.04. The number of piperidine rings is 1. The van der Waals surface area contributed by atoms with Crippen molar-refractivity contribution in [2.75, 3.05) is 6.54 Å². The average molecular weight is 288 g/mol. The molecule has 0 spiro atoms. The molecule has 100 valence electrons. The molecular formula is C13H19Cl2N3. The second kappa shape index (κ2) is 6.20. The van der Waals surface area contributed by atoms with Gasteiger partial charge < -0.3 is 5.73 Å². The van der Waals surface area contributed by atoms with Gasteiger partial charge in [-0.3, -0.25) is 4.90 Å². The van der Waals surface area contributed by atoms with Gasteiger partial charge in [0.15, 0.2) is 0 Å². The van der Waals surface area contributed by atoms with Crippen molar-refractivity contribution >= 4 is 23.2 Å². The molecule has 2 unspecified atom stereocenters. The zero-order valence-corrected chi connectivity index (χ0v) is 12.1. The zero-order chi connectivity index (χ0) is 13.1. The first-order valence-corrected chi connectivity index (χ1v) is 7.14. The molecule has 2 atom stereocenters. The van der Waals surface area contributed by atoms with E-state index < -0.39 is 0 Å². The second-order valence-electron chi connectivity index (χ2n) is 4.93. The SMILES string of the molecule is CC1CCCC(CN)N1Cc1ccc(Cl)nc1Cl.